The molecule has 2 aliphatic rings. The summed E-state index contributed by atoms with van der Waals surface area (Å²) in [4.78, 5) is 15.5. The van der Waals surface area contributed by atoms with Gasteiger partial charge in [0.25, 0.3) is 0 Å². The average Bonchev–Trinajstić information content (AvgIpc) is 3.41. The number of aromatic nitrogens is 2. The Labute approximate surface area is 220 Å². The van der Waals surface area contributed by atoms with Crippen LogP contribution in [0.1, 0.15) is 41.5 Å². The summed E-state index contributed by atoms with van der Waals surface area (Å²) in [5.41, 5.74) is 3.01. The van der Waals surface area contributed by atoms with E-state index in [1.807, 2.05) is 37.3 Å². The minimum atomic E-state index is -0.644. The van der Waals surface area contributed by atoms with Gasteiger partial charge in [0.15, 0.2) is 0 Å². The molecule has 8 nitrogen and oxygen atoms in total. The maximum absolute atomic E-state index is 14.0. The first kappa shape index (κ1) is 26.3. The van der Waals surface area contributed by atoms with Crippen LogP contribution in [0.25, 0.3) is 5.69 Å². The summed E-state index contributed by atoms with van der Waals surface area (Å²) >= 11 is 0. The van der Waals surface area contributed by atoms with Crippen LogP contribution < -0.4 is 10.6 Å². The van der Waals surface area contributed by atoms with Gasteiger partial charge < -0.3 is 15.2 Å². The molecule has 1 aromatic heterocycles. The SMILES string of the molecule is COCCN1C[C@@H](NC(=O)Nc2c(C)c([C@H]3C[C@H](O)C3)nn2-c2ccccc2)[C@H](c2cc(F)cc(F)c2)C1. The van der Waals surface area contributed by atoms with E-state index in [0.29, 0.717) is 50.5 Å². The van der Waals surface area contributed by atoms with Gasteiger partial charge in [0, 0.05) is 50.2 Å². The molecule has 2 aromatic carbocycles. The monoisotopic (exact) mass is 525 g/mol. The molecule has 0 radical (unpaired) electrons. The molecular weight excluding hydrogens is 492 g/mol. The second-order valence-corrected chi connectivity index (χ2v) is 10.2. The molecule has 3 N–H and O–H groups in total. The molecule has 5 rings (SSSR count). The number of nitrogens with one attached hydrogen (secondary N) is 2. The molecule has 10 heteroatoms. The van der Waals surface area contributed by atoms with E-state index in [9.17, 15) is 18.7 Å². The van der Waals surface area contributed by atoms with Crippen molar-refractivity contribution in [3.63, 3.8) is 0 Å². The molecule has 0 bridgehead atoms. The lowest BCUT2D eigenvalue weighted by atomic mass is 9.79. The summed E-state index contributed by atoms with van der Waals surface area (Å²) in [5.74, 6) is -0.901. The molecule has 1 saturated carbocycles. The number of rotatable bonds is 8. The summed E-state index contributed by atoms with van der Waals surface area (Å²) in [6.07, 6.45) is 0.960. The van der Waals surface area contributed by atoms with Crippen molar-refractivity contribution in [2.75, 3.05) is 38.7 Å². The van der Waals surface area contributed by atoms with Gasteiger partial charge in [-0.3, -0.25) is 10.2 Å². The van der Waals surface area contributed by atoms with E-state index in [1.165, 1.54) is 12.1 Å². The number of urea groups is 1. The lowest BCUT2D eigenvalue weighted by molar-refractivity contribution is 0.0729. The predicted molar refractivity (Wildman–Crippen MR) is 140 cm³/mol. The molecule has 0 unspecified atom stereocenters. The van der Waals surface area contributed by atoms with Crippen molar-refractivity contribution in [3.8, 4) is 5.69 Å². The van der Waals surface area contributed by atoms with Crippen molar-refractivity contribution in [3.05, 3.63) is 77.0 Å². The zero-order valence-electron chi connectivity index (χ0n) is 21.5. The number of halogens is 2. The van der Waals surface area contributed by atoms with Gasteiger partial charge in [0.2, 0.25) is 0 Å². The molecule has 1 aliphatic heterocycles. The molecule has 2 atom stereocenters. The third-order valence-electron chi connectivity index (χ3n) is 7.53. The van der Waals surface area contributed by atoms with Crippen LogP contribution in [0, 0.1) is 18.6 Å². The Morgan fingerprint density at radius 2 is 1.84 bits per heavy atom. The van der Waals surface area contributed by atoms with E-state index in [0.717, 1.165) is 23.0 Å². The van der Waals surface area contributed by atoms with Gasteiger partial charge in [0.1, 0.15) is 17.5 Å². The van der Waals surface area contributed by atoms with E-state index >= 15 is 0 Å². The highest BCUT2D eigenvalue weighted by atomic mass is 19.1. The highest BCUT2D eigenvalue weighted by Crippen LogP contribution is 2.40. The van der Waals surface area contributed by atoms with Crippen molar-refractivity contribution in [1.82, 2.24) is 20.0 Å². The van der Waals surface area contributed by atoms with E-state index in [1.54, 1.807) is 11.8 Å². The Kier molecular flexibility index (Phi) is 7.73. The maximum atomic E-state index is 14.0. The van der Waals surface area contributed by atoms with Gasteiger partial charge >= 0.3 is 6.03 Å². The zero-order valence-corrected chi connectivity index (χ0v) is 21.5. The summed E-state index contributed by atoms with van der Waals surface area (Å²) in [6, 6.07) is 12.2. The number of benzene rings is 2. The standard InChI is InChI=1S/C28H33F2N5O3/c1-17-26(19-12-23(36)13-19)33-35(22-6-4-3-5-7-22)27(17)32-28(37)31-25-16-34(8-9-38-2)15-24(25)18-10-20(29)14-21(30)11-18/h3-7,10-11,14,19,23-25,36H,8-9,12-13,15-16H2,1-2H3,(H2,31,32,37)/t19-,23-,24-,25+/m0/s1. The van der Waals surface area contributed by atoms with Gasteiger partial charge in [-0.1, -0.05) is 18.2 Å². The Morgan fingerprint density at radius 3 is 2.50 bits per heavy atom. The average molecular weight is 526 g/mol. The Bertz CT molecular complexity index is 1260. The highest BCUT2D eigenvalue weighted by molar-refractivity contribution is 5.90. The number of amides is 2. The number of nitrogens with zero attached hydrogens (tertiary/aromatic N) is 3. The number of anilines is 1. The fourth-order valence-corrected chi connectivity index (χ4v) is 5.49. The predicted octanol–water partition coefficient (Wildman–Crippen LogP) is 3.93. The Hall–Kier alpha value is -3.34. The fourth-order valence-electron chi connectivity index (χ4n) is 5.49. The quantitative estimate of drug-likeness (QED) is 0.415. The molecule has 202 valence electrons. The van der Waals surface area contributed by atoms with Crippen LogP contribution in [0.3, 0.4) is 0 Å². The Balaban J connectivity index is 1.39. The van der Waals surface area contributed by atoms with E-state index in [2.05, 4.69) is 15.5 Å². The lowest BCUT2D eigenvalue weighted by Gasteiger charge is -2.30. The van der Waals surface area contributed by atoms with Gasteiger partial charge in [-0.15, -0.1) is 0 Å². The number of para-hydroxylation sites is 1. The summed E-state index contributed by atoms with van der Waals surface area (Å²) < 4.78 is 35.0. The van der Waals surface area contributed by atoms with Gasteiger partial charge in [0.05, 0.1) is 30.1 Å². The molecule has 38 heavy (non-hydrogen) atoms. The van der Waals surface area contributed by atoms with Crippen LogP contribution in [0.15, 0.2) is 48.5 Å². The van der Waals surface area contributed by atoms with E-state index in [-0.39, 0.29) is 24.0 Å². The van der Waals surface area contributed by atoms with Gasteiger partial charge in [-0.2, -0.15) is 5.10 Å². The molecule has 2 amide bonds. The molecular formula is C28H33F2N5O3. The maximum Gasteiger partial charge on any atom is 0.320 e. The van der Waals surface area contributed by atoms with Crippen LogP contribution in [-0.4, -0.2) is 71.3 Å². The van der Waals surface area contributed by atoms with Crippen molar-refractivity contribution < 1.29 is 23.4 Å². The second-order valence-electron chi connectivity index (χ2n) is 10.2. The number of likely N-dealkylation sites (tertiary alicyclic amines) is 1. The molecule has 1 aliphatic carbocycles. The van der Waals surface area contributed by atoms with Gasteiger partial charge in [-0.05, 0) is 49.6 Å². The minimum absolute atomic E-state index is 0.134. The number of carbonyl (C=O) groups excluding carboxylic acids is 1. The van der Waals surface area contributed by atoms with E-state index < -0.39 is 17.7 Å². The normalized spacial score (nSPS) is 23.3. The summed E-state index contributed by atoms with van der Waals surface area (Å²) in [7, 11) is 1.62. The highest BCUT2D eigenvalue weighted by Gasteiger charge is 2.36. The van der Waals surface area contributed by atoms with Crippen molar-refractivity contribution >= 4 is 11.8 Å². The fraction of sp³-hybridized carbons (Fsp3) is 0.429. The number of methoxy groups -OCH3 is 1. The van der Waals surface area contributed by atoms with Crippen LogP contribution in [0.5, 0.6) is 0 Å². The topological polar surface area (TPSA) is 91.7 Å². The third-order valence-corrected chi connectivity index (χ3v) is 7.53. The summed E-state index contributed by atoms with van der Waals surface area (Å²) in [5, 5.41) is 20.7. The van der Waals surface area contributed by atoms with Crippen LogP contribution in [0.2, 0.25) is 0 Å². The second kappa shape index (κ2) is 11.2. The minimum Gasteiger partial charge on any atom is -0.393 e. The number of hydrogen-bond donors (Lipinski definition) is 3. The largest absolute Gasteiger partial charge is 0.393 e. The van der Waals surface area contributed by atoms with E-state index in [4.69, 9.17) is 9.84 Å². The van der Waals surface area contributed by atoms with Crippen LogP contribution >= 0.6 is 0 Å². The number of aliphatic hydroxyl groups is 1. The van der Waals surface area contributed by atoms with Crippen LogP contribution in [-0.2, 0) is 4.74 Å². The molecule has 2 fully saturated rings. The molecule has 1 saturated heterocycles. The lowest BCUT2D eigenvalue weighted by Crippen LogP contribution is -2.42. The van der Waals surface area contributed by atoms with Crippen molar-refractivity contribution in [2.24, 2.45) is 0 Å². The van der Waals surface area contributed by atoms with Crippen molar-refractivity contribution in [1.29, 1.82) is 0 Å². The third kappa shape index (κ3) is 5.57. The van der Waals surface area contributed by atoms with Crippen molar-refractivity contribution in [2.45, 2.75) is 43.7 Å². The van der Waals surface area contributed by atoms with Gasteiger partial charge in [-0.25, -0.2) is 18.3 Å². The number of aliphatic hydroxyl groups excluding tert-OH is 1. The molecule has 2 heterocycles. The molecule has 3 aromatic rings. The van der Waals surface area contributed by atoms with Crippen LogP contribution in [0.4, 0.5) is 19.4 Å². The number of ether oxygens (including phenoxy) is 1. The number of carbonyl (C=O) groups is 1. The molecule has 0 spiro atoms. The first-order valence-corrected chi connectivity index (χ1v) is 12.9. The Morgan fingerprint density at radius 1 is 1.13 bits per heavy atom. The number of hydrogen-bond acceptors (Lipinski definition) is 5. The first-order chi connectivity index (χ1) is 18.3. The summed E-state index contributed by atoms with van der Waals surface area (Å²) in [6.45, 7) is 4.12. The first-order valence-electron chi connectivity index (χ1n) is 12.9. The smallest absolute Gasteiger partial charge is 0.320 e. The zero-order chi connectivity index (χ0) is 26.8.